The summed E-state index contributed by atoms with van der Waals surface area (Å²) in [5.74, 6) is 0.0365. The Morgan fingerprint density at radius 2 is 2.04 bits per heavy atom. The molecule has 1 saturated heterocycles. The Kier molecular flexibility index (Phi) is 3.96. The standard InChI is InChI=1S/C20H24N4O/c1-15-18(13-21-23(15)2)22-19(25)14-24-11-9-20(10-12-24)8-7-16-5-3-4-6-17(16)20/h3-8,13H,9-12,14H2,1-2H3,(H,22,25). The molecule has 5 heteroatoms. The van der Waals surface area contributed by atoms with Crippen LogP contribution in [0, 0.1) is 6.92 Å². The summed E-state index contributed by atoms with van der Waals surface area (Å²) in [6, 6.07) is 8.67. The maximum absolute atomic E-state index is 12.3. The molecule has 2 aromatic rings. The van der Waals surface area contributed by atoms with E-state index in [1.165, 1.54) is 11.1 Å². The van der Waals surface area contributed by atoms with Gasteiger partial charge >= 0.3 is 0 Å². The number of fused-ring (bicyclic) bond motifs is 2. The molecule has 5 nitrogen and oxygen atoms in total. The highest BCUT2D eigenvalue weighted by molar-refractivity contribution is 5.92. The Morgan fingerprint density at radius 1 is 1.28 bits per heavy atom. The van der Waals surface area contributed by atoms with Crippen LogP contribution in [0.25, 0.3) is 6.08 Å². The average molecular weight is 336 g/mol. The zero-order chi connectivity index (χ0) is 17.4. The summed E-state index contributed by atoms with van der Waals surface area (Å²) in [5, 5.41) is 7.14. The van der Waals surface area contributed by atoms with Crippen molar-refractivity contribution < 1.29 is 4.79 Å². The van der Waals surface area contributed by atoms with Crippen molar-refractivity contribution in [1.82, 2.24) is 14.7 Å². The molecule has 0 bridgehead atoms. The van der Waals surface area contributed by atoms with Crippen LogP contribution in [0.3, 0.4) is 0 Å². The summed E-state index contributed by atoms with van der Waals surface area (Å²) >= 11 is 0. The normalized spacial score (nSPS) is 18.5. The number of allylic oxidation sites excluding steroid dienone is 1. The quantitative estimate of drug-likeness (QED) is 0.938. The van der Waals surface area contributed by atoms with Crippen LogP contribution in [0.15, 0.2) is 36.5 Å². The maximum Gasteiger partial charge on any atom is 0.238 e. The molecule has 1 spiro atoms. The van der Waals surface area contributed by atoms with Gasteiger partial charge in [-0.15, -0.1) is 0 Å². The molecule has 1 aromatic carbocycles. The van der Waals surface area contributed by atoms with E-state index < -0.39 is 0 Å². The molecule has 1 N–H and O–H groups in total. The van der Waals surface area contributed by atoms with E-state index in [0.29, 0.717) is 6.54 Å². The molecule has 1 aromatic heterocycles. The summed E-state index contributed by atoms with van der Waals surface area (Å²) in [6.07, 6.45) is 8.47. The number of hydrogen-bond donors (Lipinski definition) is 1. The summed E-state index contributed by atoms with van der Waals surface area (Å²) in [4.78, 5) is 14.6. The summed E-state index contributed by atoms with van der Waals surface area (Å²) in [5.41, 5.74) is 4.74. The first-order chi connectivity index (χ1) is 12.1. The minimum atomic E-state index is 0.0365. The van der Waals surface area contributed by atoms with Crippen molar-refractivity contribution >= 4 is 17.7 Å². The molecule has 4 rings (SSSR count). The van der Waals surface area contributed by atoms with Crippen molar-refractivity contribution in [3.05, 3.63) is 53.4 Å². The summed E-state index contributed by atoms with van der Waals surface area (Å²) < 4.78 is 1.77. The lowest BCUT2D eigenvalue weighted by Gasteiger charge is -2.39. The van der Waals surface area contributed by atoms with Crippen molar-refractivity contribution in [3.63, 3.8) is 0 Å². The number of carbonyl (C=O) groups is 1. The first-order valence-corrected chi connectivity index (χ1v) is 8.87. The third kappa shape index (κ3) is 2.89. The van der Waals surface area contributed by atoms with Crippen molar-refractivity contribution in [2.45, 2.75) is 25.2 Å². The van der Waals surface area contributed by atoms with Gasteiger partial charge in [-0.1, -0.05) is 36.4 Å². The summed E-state index contributed by atoms with van der Waals surface area (Å²) in [7, 11) is 1.88. The van der Waals surface area contributed by atoms with E-state index in [1.54, 1.807) is 10.9 Å². The highest BCUT2D eigenvalue weighted by Gasteiger charge is 2.37. The Labute approximate surface area is 148 Å². The second-order valence-electron chi connectivity index (χ2n) is 7.17. The van der Waals surface area contributed by atoms with Crippen LogP contribution >= 0.6 is 0 Å². The number of carbonyl (C=O) groups excluding carboxylic acids is 1. The Morgan fingerprint density at radius 3 is 2.76 bits per heavy atom. The van der Waals surface area contributed by atoms with E-state index in [4.69, 9.17) is 0 Å². The second-order valence-corrected chi connectivity index (χ2v) is 7.17. The molecular weight excluding hydrogens is 312 g/mol. The van der Waals surface area contributed by atoms with Gasteiger partial charge in [0.25, 0.3) is 0 Å². The van der Waals surface area contributed by atoms with Gasteiger partial charge in [0.15, 0.2) is 0 Å². The van der Waals surface area contributed by atoms with Gasteiger partial charge in [-0.05, 0) is 44.0 Å². The number of hydrogen-bond acceptors (Lipinski definition) is 3. The topological polar surface area (TPSA) is 50.2 Å². The van der Waals surface area contributed by atoms with Crippen LogP contribution in [0.5, 0.6) is 0 Å². The van der Waals surface area contributed by atoms with E-state index in [2.05, 4.69) is 51.7 Å². The molecule has 1 aliphatic heterocycles. The zero-order valence-electron chi connectivity index (χ0n) is 14.8. The predicted molar refractivity (Wildman–Crippen MR) is 99.4 cm³/mol. The van der Waals surface area contributed by atoms with Gasteiger partial charge < -0.3 is 5.32 Å². The number of nitrogens with one attached hydrogen (secondary N) is 1. The number of nitrogens with zero attached hydrogens (tertiary/aromatic N) is 3. The van der Waals surface area contributed by atoms with Gasteiger partial charge in [0.2, 0.25) is 5.91 Å². The van der Waals surface area contributed by atoms with Gasteiger partial charge in [-0.25, -0.2) is 0 Å². The number of amides is 1. The first kappa shape index (κ1) is 16.1. The van der Waals surface area contributed by atoms with Gasteiger partial charge in [0, 0.05) is 12.5 Å². The van der Waals surface area contributed by atoms with E-state index in [0.717, 1.165) is 37.3 Å². The summed E-state index contributed by atoms with van der Waals surface area (Å²) in [6.45, 7) is 4.28. The Balaban J connectivity index is 1.36. The lowest BCUT2D eigenvalue weighted by atomic mass is 9.74. The van der Waals surface area contributed by atoms with Crippen LogP contribution in [-0.4, -0.2) is 40.2 Å². The molecule has 25 heavy (non-hydrogen) atoms. The lowest BCUT2D eigenvalue weighted by molar-refractivity contribution is -0.117. The Bertz CT molecular complexity index is 828. The molecule has 1 fully saturated rings. The van der Waals surface area contributed by atoms with E-state index in [9.17, 15) is 4.79 Å². The fraction of sp³-hybridized carbons (Fsp3) is 0.400. The highest BCUT2D eigenvalue weighted by atomic mass is 16.2. The predicted octanol–water partition coefficient (Wildman–Crippen LogP) is 2.73. The van der Waals surface area contributed by atoms with Gasteiger partial charge in [0.05, 0.1) is 24.1 Å². The van der Waals surface area contributed by atoms with Crippen molar-refractivity contribution in [2.75, 3.05) is 25.0 Å². The van der Waals surface area contributed by atoms with Crippen LogP contribution in [0.4, 0.5) is 5.69 Å². The fourth-order valence-corrected chi connectivity index (χ4v) is 4.00. The van der Waals surface area contributed by atoms with Gasteiger partial charge in [-0.3, -0.25) is 14.4 Å². The van der Waals surface area contributed by atoms with Crippen LogP contribution in [0.1, 0.15) is 29.7 Å². The molecule has 1 aliphatic carbocycles. The van der Waals surface area contributed by atoms with E-state index >= 15 is 0 Å². The molecule has 2 heterocycles. The highest BCUT2D eigenvalue weighted by Crippen LogP contribution is 2.43. The van der Waals surface area contributed by atoms with Gasteiger partial charge in [-0.2, -0.15) is 5.10 Å². The molecule has 0 unspecified atom stereocenters. The minimum Gasteiger partial charge on any atom is -0.322 e. The number of rotatable bonds is 3. The average Bonchev–Trinajstić information content (AvgIpc) is 3.13. The number of benzene rings is 1. The monoisotopic (exact) mass is 336 g/mol. The number of anilines is 1. The van der Waals surface area contributed by atoms with Crippen molar-refractivity contribution in [3.8, 4) is 0 Å². The third-order valence-electron chi connectivity index (χ3n) is 5.70. The molecule has 2 aliphatic rings. The minimum absolute atomic E-state index is 0.0365. The number of piperidine rings is 1. The molecule has 0 radical (unpaired) electrons. The zero-order valence-corrected chi connectivity index (χ0v) is 14.8. The van der Waals surface area contributed by atoms with Crippen LogP contribution in [-0.2, 0) is 17.3 Å². The number of aromatic nitrogens is 2. The number of aryl methyl sites for hydroxylation is 1. The van der Waals surface area contributed by atoms with Crippen LogP contribution in [0.2, 0.25) is 0 Å². The molecular formula is C20H24N4O. The van der Waals surface area contributed by atoms with Crippen LogP contribution < -0.4 is 5.32 Å². The van der Waals surface area contributed by atoms with Crippen molar-refractivity contribution in [2.24, 2.45) is 7.05 Å². The maximum atomic E-state index is 12.3. The second kappa shape index (κ2) is 6.15. The molecule has 0 atom stereocenters. The number of likely N-dealkylation sites (tertiary alicyclic amines) is 1. The lowest BCUT2D eigenvalue weighted by Crippen LogP contribution is -2.44. The first-order valence-electron chi connectivity index (χ1n) is 8.87. The van der Waals surface area contributed by atoms with Crippen molar-refractivity contribution in [1.29, 1.82) is 0 Å². The smallest absolute Gasteiger partial charge is 0.238 e. The van der Waals surface area contributed by atoms with E-state index in [-0.39, 0.29) is 11.3 Å². The Hall–Kier alpha value is -2.40. The molecule has 0 saturated carbocycles. The third-order valence-corrected chi connectivity index (χ3v) is 5.70. The molecule has 130 valence electrons. The van der Waals surface area contributed by atoms with Gasteiger partial charge in [0.1, 0.15) is 0 Å². The fourth-order valence-electron chi connectivity index (χ4n) is 4.00. The largest absolute Gasteiger partial charge is 0.322 e. The van der Waals surface area contributed by atoms with E-state index in [1.807, 2.05) is 14.0 Å². The molecule has 1 amide bonds. The SMILES string of the molecule is Cc1c(NC(=O)CN2CCC3(C=Cc4ccccc43)CC2)cnn1C.